The highest BCUT2D eigenvalue weighted by atomic mass is 79.9. The summed E-state index contributed by atoms with van der Waals surface area (Å²) in [6.07, 6.45) is 2.14. The Morgan fingerprint density at radius 1 is 1.22 bits per heavy atom. The predicted molar refractivity (Wildman–Crippen MR) is 116 cm³/mol. The van der Waals surface area contributed by atoms with E-state index in [0.717, 1.165) is 10.5 Å². The zero-order valence-electron chi connectivity index (χ0n) is 18.0. The van der Waals surface area contributed by atoms with E-state index in [2.05, 4.69) is 5.32 Å². The van der Waals surface area contributed by atoms with Gasteiger partial charge in [0.2, 0.25) is 5.91 Å². The molecular formula is C21H29BrN2O7S. The molecule has 1 aliphatic heterocycles. The van der Waals surface area contributed by atoms with Crippen LogP contribution in [-0.4, -0.2) is 81.9 Å². The molecule has 0 saturated carbocycles. The number of nitrogens with one attached hydrogen (secondary N) is 1. The smallest absolute Gasteiger partial charge is 0.410 e. The first-order valence-corrected chi connectivity index (χ1v) is 12.1. The van der Waals surface area contributed by atoms with Gasteiger partial charge in [0.25, 0.3) is 0 Å². The molecule has 1 aromatic rings. The van der Waals surface area contributed by atoms with Crippen LogP contribution in [0.1, 0.15) is 24.8 Å². The third-order valence-corrected chi connectivity index (χ3v) is 5.70. The largest absolute Gasteiger partial charge is 1.00 e. The first kappa shape index (κ1) is 27.9. The molecular weight excluding hydrogens is 504 g/mol. The average molecular weight is 533 g/mol. The van der Waals surface area contributed by atoms with Crippen LogP contribution in [0.5, 0.6) is 0 Å². The molecule has 0 unspecified atom stereocenters. The van der Waals surface area contributed by atoms with Gasteiger partial charge in [-0.3, -0.25) is 14.5 Å². The number of amides is 2. The maximum atomic E-state index is 12.7. The third kappa shape index (κ3) is 8.79. The summed E-state index contributed by atoms with van der Waals surface area (Å²) in [6, 6.07) is 6.70. The molecule has 0 bridgehead atoms. The zero-order valence-corrected chi connectivity index (χ0v) is 20.4. The highest BCUT2D eigenvalue weighted by Gasteiger charge is 2.41. The van der Waals surface area contributed by atoms with Gasteiger partial charge in [-0.1, -0.05) is 30.3 Å². The van der Waals surface area contributed by atoms with Gasteiger partial charge in [0.1, 0.15) is 18.7 Å². The molecule has 2 amide bonds. The molecule has 1 saturated heterocycles. The molecule has 3 atom stereocenters. The third-order valence-electron chi connectivity index (χ3n) is 4.80. The lowest BCUT2D eigenvalue weighted by atomic mass is 10.1. The second-order valence-electron chi connectivity index (χ2n) is 7.70. The molecule has 1 heterocycles. The van der Waals surface area contributed by atoms with Crippen LogP contribution in [0.4, 0.5) is 4.79 Å². The lowest BCUT2D eigenvalue weighted by Gasteiger charge is -2.24. The summed E-state index contributed by atoms with van der Waals surface area (Å²) < 4.78 is 5.24. The lowest BCUT2D eigenvalue weighted by molar-refractivity contribution is -0.142. The number of rotatable bonds is 10. The molecule has 3 N–H and O–H groups in total. The highest BCUT2D eigenvalue weighted by Crippen LogP contribution is 2.20. The first-order chi connectivity index (χ1) is 14.7. The predicted octanol–water partition coefficient (Wildman–Crippen LogP) is -2.44. The van der Waals surface area contributed by atoms with Gasteiger partial charge in [0.05, 0.1) is 25.2 Å². The number of hydrogen-bond donors (Lipinski definition) is 3. The van der Waals surface area contributed by atoms with Crippen molar-refractivity contribution in [1.29, 1.82) is 0 Å². The number of carboxylic acid groups (broad SMARTS) is 1. The molecule has 0 radical (unpaired) electrons. The van der Waals surface area contributed by atoms with Gasteiger partial charge in [0, 0.05) is 12.8 Å². The van der Waals surface area contributed by atoms with Crippen LogP contribution in [0, 0.1) is 0 Å². The van der Waals surface area contributed by atoms with Crippen molar-refractivity contribution in [2.24, 2.45) is 0 Å². The number of β-amino-alcohol motifs (C(OH)–C–C–N with tert-alkyl or cyclic N) is 1. The van der Waals surface area contributed by atoms with E-state index < -0.39 is 36.2 Å². The number of aliphatic hydroxyl groups is 1. The van der Waals surface area contributed by atoms with E-state index in [-0.39, 0.29) is 66.1 Å². The van der Waals surface area contributed by atoms with Gasteiger partial charge in [-0.15, -0.1) is 0 Å². The van der Waals surface area contributed by atoms with Crippen LogP contribution in [0.3, 0.4) is 0 Å². The Labute approximate surface area is 200 Å². The maximum absolute atomic E-state index is 12.7. The van der Waals surface area contributed by atoms with Gasteiger partial charge in [0.15, 0.2) is 11.5 Å². The van der Waals surface area contributed by atoms with E-state index in [0.29, 0.717) is 5.75 Å². The second kappa shape index (κ2) is 13.4. The van der Waals surface area contributed by atoms with E-state index in [1.165, 1.54) is 0 Å². The van der Waals surface area contributed by atoms with Crippen molar-refractivity contribution in [3.05, 3.63) is 35.9 Å². The lowest BCUT2D eigenvalue weighted by Crippen LogP contribution is -3.00. The topological polar surface area (TPSA) is 133 Å². The van der Waals surface area contributed by atoms with Gasteiger partial charge in [-0.2, -0.15) is 0 Å². The maximum Gasteiger partial charge on any atom is 0.410 e. The summed E-state index contributed by atoms with van der Waals surface area (Å²) in [5, 5.41) is 21.8. The Morgan fingerprint density at radius 2 is 1.88 bits per heavy atom. The first-order valence-electron chi connectivity index (χ1n) is 9.91. The molecule has 1 fully saturated rings. The molecule has 11 heteroatoms. The standard InChI is InChI=1S/C21H28N2O7S.BrH/c1-31(2)13-15(24)8-9-17(20(27)28)22-19(26)18-10-16(25)11-23(18)21(29)30-12-14-6-4-3-5-7-14;/h3-7,16-18,25H,8-13H2,1-2H3,(H-,22,26,27,28);1H/t16-,17+,18+;/m1./s1. The molecule has 32 heavy (non-hydrogen) atoms. The number of carboxylic acids is 1. The molecule has 0 aliphatic carbocycles. The van der Waals surface area contributed by atoms with Crippen LogP contribution in [0.2, 0.25) is 0 Å². The normalized spacial score (nSPS) is 18.6. The summed E-state index contributed by atoms with van der Waals surface area (Å²) in [7, 11) is -0.0840. The van der Waals surface area contributed by atoms with Crippen LogP contribution < -0.4 is 22.3 Å². The fourth-order valence-corrected chi connectivity index (χ4v) is 4.08. The number of nitrogens with zero attached hydrogens (tertiary/aromatic N) is 1. The zero-order chi connectivity index (χ0) is 23.0. The fourth-order valence-electron chi connectivity index (χ4n) is 3.29. The Kier molecular flexibility index (Phi) is 11.7. The van der Waals surface area contributed by atoms with Crippen LogP contribution >= 0.6 is 0 Å². The van der Waals surface area contributed by atoms with E-state index in [9.17, 15) is 29.4 Å². The minimum absolute atomic E-state index is 0. The average Bonchev–Trinajstić information content (AvgIpc) is 3.11. The number of likely N-dealkylation sites (tertiary alicyclic amines) is 1. The number of aliphatic carboxylic acids is 1. The number of carbonyl (C=O) groups excluding carboxylic acids is 3. The van der Waals surface area contributed by atoms with Crippen LogP contribution in [0.25, 0.3) is 0 Å². The second-order valence-corrected chi connectivity index (χ2v) is 9.96. The Balaban J connectivity index is 0.00000512. The molecule has 2 rings (SSSR count). The van der Waals surface area contributed by atoms with Crippen molar-refractivity contribution in [3.63, 3.8) is 0 Å². The van der Waals surface area contributed by atoms with Crippen molar-refractivity contribution in [1.82, 2.24) is 10.2 Å². The van der Waals surface area contributed by atoms with Crippen molar-refractivity contribution in [2.45, 2.75) is 44.1 Å². The minimum Gasteiger partial charge on any atom is -1.00 e. The number of ketones is 1. The summed E-state index contributed by atoms with van der Waals surface area (Å²) in [6.45, 7) is -0.0752. The van der Waals surface area contributed by atoms with E-state index in [1.807, 2.05) is 18.6 Å². The molecule has 0 aromatic heterocycles. The van der Waals surface area contributed by atoms with E-state index in [4.69, 9.17) is 4.74 Å². The fraction of sp³-hybridized carbons (Fsp3) is 0.524. The summed E-state index contributed by atoms with van der Waals surface area (Å²) in [5.41, 5.74) is 0.772. The molecule has 0 spiro atoms. The van der Waals surface area contributed by atoms with Crippen molar-refractivity contribution >= 4 is 34.6 Å². The SMILES string of the molecule is C[S+](C)CC(=O)CC[C@H](NC(=O)[C@@H]1C[C@@H](O)CN1C(=O)OCc1ccccc1)C(=O)O.[Br-]. The summed E-state index contributed by atoms with van der Waals surface area (Å²) in [4.78, 5) is 49.7. The van der Waals surface area contributed by atoms with Crippen molar-refractivity contribution in [2.75, 3.05) is 24.8 Å². The molecule has 178 valence electrons. The monoisotopic (exact) mass is 532 g/mol. The Morgan fingerprint density at radius 3 is 2.47 bits per heavy atom. The Bertz CT molecular complexity index is 794. The Hall–Kier alpha value is -2.11. The van der Waals surface area contributed by atoms with Gasteiger partial charge in [-0.05, 0) is 22.9 Å². The van der Waals surface area contributed by atoms with Crippen molar-refractivity contribution in [3.8, 4) is 0 Å². The van der Waals surface area contributed by atoms with Crippen molar-refractivity contribution < 1.29 is 51.1 Å². The molecule has 1 aromatic carbocycles. The van der Waals surface area contributed by atoms with Gasteiger partial charge in [-0.25, -0.2) is 9.59 Å². The number of halogens is 1. The summed E-state index contributed by atoms with van der Waals surface area (Å²) in [5.74, 6) is -1.64. The number of carbonyl (C=O) groups is 4. The van der Waals surface area contributed by atoms with Gasteiger partial charge < -0.3 is 37.2 Å². The number of aliphatic hydroxyl groups excluding tert-OH is 1. The highest BCUT2D eigenvalue weighted by molar-refractivity contribution is 7.96. The number of Topliss-reactive ketones (excluding diaryl/α,β-unsaturated/α-hetero) is 1. The van der Waals surface area contributed by atoms with E-state index >= 15 is 0 Å². The molecule has 1 aliphatic rings. The van der Waals surface area contributed by atoms with Crippen LogP contribution in [0.15, 0.2) is 30.3 Å². The van der Waals surface area contributed by atoms with Gasteiger partial charge >= 0.3 is 12.1 Å². The number of benzene rings is 1. The van der Waals surface area contributed by atoms with Crippen LogP contribution in [-0.2, 0) is 36.6 Å². The minimum atomic E-state index is -1.26. The number of ether oxygens (including phenoxy) is 1. The number of hydrogen-bond acceptors (Lipinski definition) is 6. The summed E-state index contributed by atoms with van der Waals surface area (Å²) >= 11 is 0. The molecule has 9 nitrogen and oxygen atoms in total. The quantitative estimate of drug-likeness (QED) is 0.285. The van der Waals surface area contributed by atoms with E-state index in [1.54, 1.807) is 24.3 Å².